The Morgan fingerprint density at radius 1 is 0.833 bits per heavy atom. The Kier molecular flexibility index (Phi) is 9.11. The average Bonchev–Trinajstić information content (AvgIpc) is 2.78. The zero-order chi connectivity index (χ0) is 21.2. The van der Waals surface area contributed by atoms with Crippen LogP contribution >= 0.6 is 0 Å². The fourth-order valence-electron chi connectivity index (χ4n) is 4.55. The second kappa shape index (κ2) is 12.0. The molecule has 1 aliphatic carbocycles. The minimum atomic E-state index is -0.761. The number of halogens is 2. The second-order valence-corrected chi connectivity index (χ2v) is 8.77. The number of benzene rings is 2. The topological polar surface area (TPSA) is 0 Å². The van der Waals surface area contributed by atoms with Gasteiger partial charge in [-0.2, -0.15) is 0 Å². The van der Waals surface area contributed by atoms with Gasteiger partial charge >= 0.3 is 0 Å². The summed E-state index contributed by atoms with van der Waals surface area (Å²) in [6, 6.07) is 13.6. The highest BCUT2D eigenvalue weighted by molar-refractivity contribution is 5.67. The zero-order valence-electron chi connectivity index (χ0n) is 18.4. The molecule has 0 saturated carbocycles. The van der Waals surface area contributed by atoms with Crippen molar-refractivity contribution >= 4 is 5.57 Å². The monoisotopic (exact) mass is 410 g/mol. The van der Waals surface area contributed by atoms with Gasteiger partial charge in [0.25, 0.3) is 0 Å². The van der Waals surface area contributed by atoms with Gasteiger partial charge in [-0.3, -0.25) is 0 Å². The van der Waals surface area contributed by atoms with Gasteiger partial charge in [0.15, 0.2) is 11.6 Å². The van der Waals surface area contributed by atoms with Crippen molar-refractivity contribution in [3.05, 3.63) is 76.9 Å². The van der Waals surface area contributed by atoms with Gasteiger partial charge in [0.2, 0.25) is 0 Å². The van der Waals surface area contributed by atoms with E-state index in [9.17, 15) is 8.78 Å². The minimum Gasteiger partial charge on any atom is -0.204 e. The average molecular weight is 411 g/mol. The van der Waals surface area contributed by atoms with Crippen LogP contribution in [0.5, 0.6) is 0 Å². The number of unbranched alkanes of at least 4 members (excludes halogenated alkanes) is 7. The van der Waals surface area contributed by atoms with Gasteiger partial charge in [-0.1, -0.05) is 94.3 Å². The quantitative estimate of drug-likeness (QED) is 0.324. The Balaban J connectivity index is 1.43. The highest BCUT2D eigenvalue weighted by atomic mass is 19.2. The Morgan fingerprint density at radius 3 is 2.20 bits per heavy atom. The first kappa shape index (κ1) is 22.7. The van der Waals surface area contributed by atoms with E-state index < -0.39 is 11.6 Å². The summed E-state index contributed by atoms with van der Waals surface area (Å²) in [5, 5.41) is 0. The summed E-state index contributed by atoms with van der Waals surface area (Å²) >= 11 is 0. The molecule has 2 aromatic carbocycles. The molecular weight excluding hydrogens is 374 g/mol. The Hall–Kier alpha value is -1.96. The first-order valence-corrected chi connectivity index (χ1v) is 11.9. The maximum atomic E-state index is 14.1. The lowest BCUT2D eigenvalue weighted by atomic mass is 9.82. The molecule has 0 amide bonds. The van der Waals surface area contributed by atoms with Crippen molar-refractivity contribution in [3.8, 4) is 0 Å². The van der Waals surface area contributed by atoms with Gasteiger partial charge in [0.05, 0.1) is 0 Å². The predicted molar refractivity (Wildman–Crippen MR) is 124 cm³/mol. The molecule has 1 unspecified atom stereocenters. The highest BCUT2D eigenvalue weighted by Gasteiger charge is 2.20. The maximum Gasteiger partial charge on any atom is 0.166 e. The zero-order valence-corrected chi connectivity index (χ0v) is 18.4. The molecule has 1 atom stereocenters. The molecule has 0 N–H and O–H groups in total. The van der Waals surface area contributed by atoms with Crippen molar-refractivity contribution in [1.29, 1.82) is 0 Å². The van der Waals surface area contributed by atoms with Crippen molar-refractivity contribution in [1.82, 2.24) is 0 Å². The molecule has 0 nitrogen and oxygen atoms in total. The van der Waals surface area contributed by atoms with Crippen molar-refractivity contribution < 1.29 is 8.78 Å². The molecule has 0 radical (unpaired) electrons. The molecule has 1 aliphatic rings. The first-order chi connectivity index (χ1) is 14.7. The van der Waals surface area contributed by atoms with Crippen LogP contribution in [-0.4, -0.2) is 0 Å². The van der Waals surface area contributed by atoms with Crippen LogP contribution in [0.1, 0.15) is 100 Å². The number of hydrogen-bond donors (Lipinski definition) is 0. The van der Waals surface area contributed by atoms with E-state index in [1.54, 1.807) is 12.1 Å². The van der Waals surface area contributed by atoms with Gasteiger partial charge in [0, 0.05) is 5.56 Å². The Bertz CT molecular complexity index is 804. The van der Waals surface area contributed by atoms with Crippen LogP contribution in [0.3, 0.4) is 0 Å². The smallest absolute Gasteiger partial charge is 0.166 e. The second-order valence-electron chi connectivity index (χ2n) is 8.77. The molecule has 0 spiro atoms. The number of rotatable bonds is 11. The van der Waals surface area contributed by atoms with Crippen molar-refractivity contribution in [2.45, 2.75) is 89.9 Å². The molecule has 0 fully saturated rings. The van der Waals surface area contributed by atoms with E-state index in [2.05, 4.69) is 37.3 Å². The van der Waals surface area contributed by atoms with Crippen LogP contribution < -0.4 is 0 Å². The SMILES string of the molecule is CCCCCCCCCCc1ccc(C2CC=C(c3cccc(F)c3F)CC2)cc1. The largest absolute Gasteiger partial charge is 0.204 e. The third kappa shape index (κ3) is 6.52. The number of aryl methyl sites for hydroxylation is 1. The fourth-order valence-corrected chi connectivity index (χ4v) is 4.55. The van der Waals surface area contributed by atoms with Crippen LogP contribution in [0.4, 0.5) is 8.78 Å². The summed E-state index contributed by atoms with van der Waals surface area (Å²) in [4.78, 5) is 0. The van der Waals surface area contributed by atoms with Crippen LogP contribution in [0.25, 0.3) is 5.57 Å². The fraction of sp³-hybridized carbons (Fsp3) is 0.500. The standard InChI is InChI=1S/C28H36F2/c1-2-3-4-5-6-7-8-9-11-22-14-16-23(17-15-22)24-18-20-25(21-19-24)26-12-10-13-27(29)28(26)30/h10,12-17,20,24H,2-9,11,18-19,21H2,1H3. The van der Waals surface area contributed by atoms with Gasteiger partial charge in [-0.15, -0.1) is 0 Å². The highest BCUT2D eigenvalue weighted by Crippen LogP contribution is 2.37. The van der Waals surface area contributed by atoms with Gasteiger partial charge < -0.3 is 0 Å². The molecule has 162 valence electrons. The van der Waals surface area contributed by atoms with E-state index in [0.717, 1.165) is 24.8 Å². The molecule has 0 saturated heterocycles. The minimum absolute atomic E-state index is 0.425. The lowest BCUT2D eigenvalue weighted by Crippen LogP contribution is -2.05. The summed E-state index contributed by atoms with van der Waals surface area (Å²) in [5.41, 5.74) is 4.16. The van der Waals surface area contributed by atoms with E-state index in [0.29, 0.717) is 11.5 Å². The lowest BCUT2D eigenvalue weighted by molar-refractivity contribution is 0.505. The molecule has 3 rings (SSSR count). The van der Waals surface area contributed by atoms with Crippen molar-refractivity contribution in [2.75, 3.05) is 0 Å². The predicted octanol–water partition coefficient (Wildman–Crippen LogP) is 9.00. The summed E-state index contributed by atoms with van der Waals surface area (Å²) < 4.78 is 27.6. The summed E-state index contributed by atoms with van der Waals surface area (Å²) in [5.74, 6) is -1.00. The maximum absolute atomic E-state index is 14.1. The molecule has 2 heteroatoms. The third-order valence-corrected chi connectivity index (χ3v) is 6.48. The molecule has 0 aromatic heterocycles. The third-order valence-electron chi connectivity index (χ3n) is 6.48. The van der Waals surface area contributed by atoms with Gasteiger partial charge in [-0.25, -0.2) is 8.78 Å². The van der Waals surface area contributed by atoms with E-state index in [1.807, 2.05) is 0 Å². The summed E-state index contributed by atoms with van der Waals surface area (Å²) in [6.07, 6.45) is 16.8. The Morgan fingerprint density at radius 2 is 1.53 bits per heavy atom. The van der Waals surface area contributed by atoms with Gasteiger partial charge in [-0.05, 0) is 60.8 Å². The number of allylic oxidation sites excluding steroid dienone is 2. The normalized spacial score (nSPS) is 16.5. The van der Waals surface area contributed by atoms with E-state index in [-0.39, 0.29) is 0 Å². The van der Waals surface area contributed by atoms with Crippen LogP contribution in [0, 0.1) is 11.6 Å². The molecule has 0 heterocycles. The van der Waals surface area contributed by atoms with Crippen LogP contribution in [-0.2, 0) is 6.42 Å². The molecular formula is C28H36F2. The van der Waals surface area contributed by atoms with E-state index in [1.165, 1.54) is 75.0 Å². The Labute approximate surface area is 181 Å². The summed E-state index contributed by atoms with van der Waals surface area (Å²) in [6.45, 7) is 2.27. The molecule has 30 heavy (non-hydrogen) atoms. The molecule has 2 aromatic rings. The number of hydrogen-bond acceptors (Lipinski definition) is 0. The van der Waals surface area contributed by atoms with Crippen molar-refractivity contribution in [3.63, 3.8) is 0 Å². The van der Waals surface area contributed by atoms with Crippen molar-refractivity contribution in [2.24, 2.45) is 0 Å². The molecule has 0 bridgehead atoms. The van der Waals surface area contributed by atoms with E-state index >= 15 is 0 Å². The van der Waals surface area contributed by atoms with Crippen LogP contribution in [0.2, 0.25) is 0 Å². The first-order valence-electron chi connectivity index (χ1n) is 11.9. The van der Waals surface area contributed by atoms with E-state index in [4.69, 9.17) is 0 Å². The van der Waals surface area contributed by atoms with Gasteiger partial charge in [0.1, 0.15) is 0 Å². The lowest BCUT2D eigenvalue weighted by Gasteiger charge is -2.23. The molecule has 0 aliphatic heterocycles. The summed E-state index contributed by atoms with van der Waals surface area (Å²) in [7, 11) is 0. The van der Waals surface area contributed by atoms with Crippen LogP contribution in [0.15, 0.2) is 48.5 Å².